The van der Waals surface area contributed by atoms with Gasteiger partial charge in [0, 0.05) is 18.5 Å². The Morgan fingerprint density at radius 1 is 1.40 bits per heavy atom. The van der Waals surface area contributed by atoms with Gasteiger partial charge in [-0.3, -0.25) is 4.79 Å². The number of hydrogen-bond acceptors (Lipinski definition) is 5. The lowest BCUT2D eigenvalue weighted by molar-refractivity contribution is -0.132. The molecule has 1 atom stereocenters. The first-order valence-electron chi connectivity index (χ1n) is 9.00. The summed E-state index contributed by atoms with van der Waals surface area (Å²) >= 11 is 0. The fraction of sp³-hybridized carbons (Fsp3) is 0.526. The van der Waals surface area contributed by atoms with Gasteiger partial charge in [-0.05, 0) is 31.4 Å². The van der Waals surface area contributed by atoms with Crippen LogP contribution in [0.4, 0.5) is 0 Å². The lowest BCUT2D eigenvalue weighted by Gasteiger charge is -2.21. The van der Waals surface area contributed by atoms with Crippen molar-refractivity contribution in [2.24, 2.45) is 0 Å². The molecule has 0 unspecified atom stereocenters. The molecule has 1 aliphatic rings. The minimum atomic E-state index is -0.0963. The lowest BCUT2D eigenvalue weighted by Crippen LogP contribution is -2.30. The summed E-state index contributed by atoms with van der Waals surface area (Å²) < 4.78 is 10.7. The van der Waals surface area contributed by atoms with E-state index in [0.29, 0.717) is 18.1 Å². The highest BCUT2D eigenvalue weighted by atomic mass is 16.5. The summed E-state index contributed by atoms with van der Waals surface area (Å²) in [7, 11) is 1.63. The van der Waals surface area contributed by atoms with Gasteiger partial charge < -0.3 is 14.2 Å². The van der Waals surface area contributed by atoms with Crippen molar-refractivity contribution in [1.29, 1.82) is 0 Å². The molecule has 1 saturated heterocycles. The van der Waals surface area contributed by atoms with E-state index < -0.39 is 0 Å². The zero-order chi connectivity index (χ0) is 17.6. The third-order valence-electron chi connectivity index (χ3n) is 4.62. The number of hydrogen-bond donors (Lipinski definition) is 0. The van der Waals surface area contributed by atoms with Gasteiger partial charge in [0.05, 0.1) is 7.11 Å². The Morgan fingerprint density at radius 3 is 3.08 bits per heavy atom. The van der Waals surface area contributed by atoms with Crippen molar-refractivity contribution < 1.29 is 14.1 Å². The molecule has 134 valence electrons. The predicted molar refractivity (Wildman–Crippen MR) is 94.1 cm³/mol. The summed E-state index contributed by atoms with van der Waals surface area (Å²) in [6.45, 7) is 2.91. The van der Waals surface area contributed by atoms with Crippen LogP contribution in [0.2, 0.25) is 0 Å². The molecule has 6 heteroatoms. The average Bonchev–Trinajstić information content (AvgIpc) is 3.31. The lowest BCUT2D eigenvalue weighted by atomic mass is 10.1. The third-order valence-corrected chi connectivity index (χ3v) is 4.62. The second-order valence-corrected chi connectivity index (χ2v) is 6.39. The Morgan fingerprint density at radius 2 is 2.28 bits per heavy atom. The van der Waals surface area contributed by atoms with E-state index in [0.717, 1.165) is 50.0 Å². The second kappa shape index (κ2) is 8.14. The third kappa shape index (κ3) is 4.00. The Kier molecular flexibility index (Phi) is 5.68. The van der Waals surface area contributed by atoms with E-state index >= 15 is 0 Å². The fourth-order valence-corrected chi connectivity index (χ4v) is 3.24. The highest BCUT2D eigenvalue weighted by Crippen LogP contribution is 2.33. The van der Waals surface area contributed by atoms with E-state index in [1.54, 1.807) is 7.11 Å². The number of aromatic nitrogens is 2. The number of unbranched alkanes of at least 4 members (excludes halogenated alkanes) is 2. The number of amides is 1. The van der Waals surface area contributed by atoms with Crippen molar-refractivity contribution in [3.05, 3.63) is 30.2 Å². The monoisotopic (exact) mass is 343 g/mol. The summed E-state index contributed by atoms with van der Waals surface area (Å²) in [5.74, 6) is 1.99. The maximum Gasteiger partial charge on any atom is 0.249 e. The standard InChI is InChI=1S/C19H25N3O3/c1-3-4-5-11-17(23)22-12-7-10-16(22)19-20-18(21-25-19)14-8-6-9-15(13-14)24-2/h6,8-9,13,16H,3-5,7,10-12H2,1-2H3/t16-/m1/s1. The van der Waals surface area contributed by atoms with Crippen LogP contribution in [-0.4, -0.2) is 34.6 Å². The molecule has 6 nitrogen and oxygen atoms in total. The molecule has 0 N–H and O–H groups in total. The Bertz CT molecular complexity index is 713. The number of likely N-dealkylation sites (tertiary alicyclic amines) is 1. The molecule has 1 fully saturated rings. The number of methoxy groups -OCH3 is 1. The van der Waals surface area contributed by atoms with Crippen molar-refractivity contribution >= 4 is 5.91 Å². The van der Waals surface area contributed by atoms with E-state index in [1.165, 1.54) is 0 Å². The van der Waals surface area contributed by atoms with Gasteiger partial charge in [0.15, 0.2) is 0 Å². The average molecular weight is 343 g/mol. The molecule has 2 heterocycles. The molecular weight excluding hydrogens is 318 g/mol. The van der Waals surface area contributed by atoms with Gasteiger partial charge in [-0.15, -0.1) is 0 Å². The normalized spacial score (nSPS) is 17.0. The first-order chi connectivity index (χ1) is 12.2. The van der Waals surface area contributed by atoms with Crippen molar-refractivity contribution in [1.82, 2.24) is 15.0 Å². The van der Waals surface area contributed by atoms with Crippen LogP contribution >= 0.6 is 0 Å². The molecule has 0 aliphatic carbocycles. The summed E-state index contributed by atoms with van der Waals surface area (Å²) in [5, 5.41) is 4.10. The van der Waals surface area contributed by atoms with Gasteiger partial charge in [0.25, 0.3) is 0 Å². The van der Waals surface area contributed by atoms with E-state index in [2.05, 4.69) is 17.1 Å². The highest BCUT2D eigenvalue weighted by molar-refractivity contribution is 5.76. The van der Waals surface area contributed by atoms with E-state index in [4.69, 9.17) is 9.26 Å². The van der Waals surface area contributed by atoms with Crippen LogP contribution in [0.5, 0.6) is 5.75 Å². The van der Waals surface area contributed by atoms with Crippen LogP contribution in [-0.2, 0) is 4.79 Å². The topological polar surface area (TPSA) is 68.5 Å². The van der Waals surface area contributed by atoms with Gasteiger partial charge in [-0.1, -0.05) is 37.1 Å². The first-order valence-corrected chi connectivity index (χ1v) is 9.00. The smallest absolute Gasteiger partial charge is 0.249 e. The number of carbonyl (C=O) groups excluding carboxylic acids is 1. The van der Waals surface area contributed by atoms with Crippen molar-refractivity contribution in [3.8, 4) is 17.1 Å². The molecule has 25 heavy (non-hydrogen) atoms. The molecule has 1 aromatic heterocycles. The molecule has 1 amide bonds. The molecule has 0 spiro atoms. The Balaban J connectivity index is 1.73. The van der Waals surface area contributed by atoms with Crippen molar-refractivity contribution in [2.45, 2.75) is 51.5 Å². The van der Waals surface area contributed by atoms with Crippen LogP contribution in [0.3, 0.4) is 0 Å². The molecule has 1 aromatic carbocycles. The van der Waals surface area contributed by atoms with Gasteiger partial charge in [-0.2, -0.15) is 4.98 Å². The molecule has 0 radical (unpaired) electrons. The minimum absolute atomic E-state index is 0.0963. The molecule has 1 aliphatic heterocycles. The highest BCUT2D eigenvalue weighted by Gasteiger charge is 2.33. The summed E-state index contributed by atoms with van der Waals surface area (Å²) in [5.41, 5.74) is 0.841. The van der Waals surface area contributed by atoms with E-state index in [-0.39, 0.29) is 11.9 Å². The molecule has 2 aromatic rings. The zero-order valence-corrected chi connectivity index (χ0v) is 14.9. The van der Waals surface area contributed by atoms with Gasteiger partial charge in [0.1, 0.15) is 11.8 Å². The fourth-order valence-electron chi connectivity index (χ4n) is 3.24. The largest absolute Gasteiger partial charge is 0.497 e. The Labute approximate surface area is 148 Å². The molecule has 3 rings (SSSR count). The van der Waals surface area contributed by atoms with Gasteiger partial charge >= 0.3 is 0 Å². The second-order valence-electron chi connectivity index (χ2n) is 6.39. The number of benzene rings is 1. The molecular formula is C19H25N3O3. The summed E-state index contributed by atoms with van der Waals surface area (Å²) in [4.78, 5) is 18.9. The van der Waals surface area contributed by atoms with E-state index in [1.807, 2.05) is 29.2 Å². The number of rotatable bonds is 7. The van der Waals surface area contributed by atoms with Crippen LogP contribution < -0.4 is 4.74 Å². The maximum atomic E-state index is 12.5. The molecule has 0 saturated carbocycles. The van der Waals surface area contributed by atoms with Crippen LogP contribution in [0, 0.1) is 0 Å². The first kappa shape index (κ1) is 17.5. The summed E-state index contributed by atoms with van der Waals surface area (Å²) in [6.07, 6.45) is 5.59. The maximum absolute atomic E-state index is 12.5. The van der Waals surface area contributed by atoms with Crippen LogP contribution in [0.15, 0.2) is 28.8 Å². The zero-order valence-electron chi connectivity index (χ0n) is 14.9. The van der Waals surface area contributed by atoms with Crippen molar-refractivity contribution in [2.75, 3.05) is 13.7 Å². The molecule has 0 bridgehead atoms. The number of nitrogens with zero attached hydrogens (tertiary/aromatic N) is 3. The minimum Gasteiger partial charge on any atom is -0.497 e. The Hall–Kier alpha value is -2.37. The quantitative estimate of drug-likeness (QED) is 0.711. The summed E-state index contributed by atoms with van der Waals surface area (Å²) in [6, 6.07) is 7.46. The van der Waals surface area contributed by atoms with E-state index in [9.17, 15) is 4.79 Å². The van der Waals surface area contributed by atoms with Crippen molar-refractivity contribution in [3.63, 3.8) is 0 Å². The van der Waals surface area contributed by atoms with Crippen LogP contribution in [0.25, 0.3) is 11.4 Å². The predicted octanol–water partition coefficient (Wildman–Crippen LogP) is 3.99. The van der Waals surface area contributed by atoms with Crippen LogP contribution in [0.1, 0.15) is 57.4 Å². The van der Waals surface area contributed by atoms with Gasteiger partial charge in [-0.25, -0.2) is 0 Å². The SMILES string of the molecule is CCCCCC(=O)N1CCC[C@@H]1c1nc(-c2cccc(OC)c2)no1. The number of carbonyl (C=O) groups is 1. The van der Waals surface area contributed by atoms with Gasteiger partial charge in [0.2, 0.25) is 17.6 Å². The number of ether oxygens (including phenoxy) is 1.